The molecular weight excluding hydrogens is 302 g/mol. The van der Waals surface area contributed by atoms with E-state index < -0.39 is 0 Å². The number of hydrogen-bond acceptors (Lipinski definition) is 4. The quantitative estimate of drug-likeness (QED) is 0.853. The summed E-state index contributed by atoms with van der Waals surface area (Å²) in [5.74, 6) is 0. The van der Waals surface area contributed by atoms with E-state index in [2.05, 4.69) is 24.8 Å². The Hall–Kier alpha value is -1.65. The highest BCUT2D eigenvalue weighted by Crippen LogP contribution is 2.29. The average Bonchev–Trinajstić information content (AvgIpc) is 3.07. The maximum atomic E-state index is 12.0. The fourth-order valence-corrected chi connectivity index (χ4v) is 3.80. The first kappa shape index (κ1) is 17.2. The molecule has 1 heterocycles. The highest BCUT2D eigenvalue weighted by molar-refractivity contribution is 5.81. The fraction of sp³-hybridized carbons (Fsp3) is 0.550. The molecule has 24 heavy (non-hydrogen) atoms. The summed E-state index contributed by atoms with van der Waals surface area (Å²) in [6, 6.07) is 6.25. The van der Waals surface area contributed by atoms with Gasteiger partial charge in [0.1, 0.15) is 5.58 Å². The number of hydrogen-bond donors (Lipinski definition) is 1. The van der Waals surface area contributed by atoms with Crippen molar-refractivity contribution in [1.82, 2.24) is 4.90 Å². The third-order valence-corrected chi connectivity index (χ3v) is 5.42. The van der Waals surface area contributed by atoms with E-state index in [1.165, 1.54) is 31.2 Å². The zero-order chi connectivity index (χ0) is 17.3. The molecule has 0 radical (unpaired) electrons. The first-order valence-corrected chi connectivity index (χ1v) is 8.90. The molecule has 1 aliphatic rings. The summed E-state index contributed by atoms with van der Waals surface area (Å²) in [6.45, 7) is 6.97. The molecule has 1 N–H and O–H groups in total. The van der Waals surface area contributed by atoms with Crippen molar-refractivity contribution in [3.05, 3.63) is 45.3 Å². The van der Waals surface area contributed by atoms with E-state index in [1.54, 1.807) is 6.07 Å². The molecule has 1 saturated carbocycles. The highest BCUT2D eigenvalue weighted by Gasteiger charge is 2.27. The zero-order valence-electron chi connectivity index (χ0n) is 14.8. The number of benzene rings is 1. The van der Waals surface area contributed by atoms with E-state index in [9.17, 15) is 9.90 Å². The molecule has 1 atom stereocenters. The summed E-state index contributed by atoms with van der Waals surface area (Å²) < 4.78 is 5.41. The van der Waals surface area contributed by atoms with Gasteiger partial charge in [0.25, 0.3) is 0 Å². The second kappa shape index (κ2) is 7.08. The predicted molar refractivity (Wildman–Crippen MR) is 96.3 cm³/mol. The number of aliphatic hydroxyl groups is 1. The van der Waals surface area contributed by atoms with Gasteiger partial charge in [0.15, 0.2) is 0 Å². The van der Waals surface area contributed by atoms with Crippen LogP contribution in [-0.4, -0.2) is 28.7 Å². The minimum atomic E-state index is -0.302. The van der Waals surface area contributed by atoms with Crippen LogP contribution in [-0.2, 0) is 6.54 Å². The molecule has 0 unspecified atom stereocenters. The van der Waals surface area contributed by atoms with E-state index >= 15 is 0 Å². The first-order valence-electron chi connectivity index (χ1n) is 8.90. The molecule has 1 aromatic carbocycles. The van der Waals surface area contributed by atoms with E-state index in [4.69, 9.17) is 4.42 Å². The second-order valence-electron chi connectivity index (χ2n) is 7.17. The maximum Gasteiger partial charge on any atom is 0.336 e. The van der Waals surface area contributed by atoms with Gasteiger partial charge >= 0.3 is 5.63 Å². The van der Waals surface area contributed by atoms with Crippen LogP contribution < -0.4 is 5.63 Å². The lowest BCUT2D eigenvalue weighted by Gasteiger charge is -2.33. The molecule has 0 spiro atoms. The van der Waals surface area contributed by atoms with Crippen LogP contribution in [0.2, 0.25) is 0 Å². The van der Waals surface area contributed by atoms with Crippen molar-refractivity contribution in [2.75, 3.05) is 6.61 Å². The zero-order valence-corrected chi connectivity index (χ0v) is 14.8. The van der Waals surface area contributed by atoms with Gasteiger partial charge in [-0.3, -0.25) is 4.90 Å². The Morgan fingerprint density at radius 3 is 2.54 bits per heavy atom. The van der Waals surface area contributed by atoms with Crippen molar-refractivity contribution < 1.29 is 9.52 Å². The number of rotatable bonds is 5. The molecular formula is C20H27NO3. The van der Waals surface area contributed by atoms with E-state index in [0.29, 0.717) is 18.2 Å². The molecule has 0 aliphatic heterocycles. The Kier molecular flexibility index (Phi) is 5.07. The Morgan fingerprint density at radius 2 is 1.88 bits per heavy atom. The van der Waals surface area contributed by atoms with Gasteiger partial charge in [0.05, 0.1) is 6.61 Å². The SMILES string of the molecule is Cc1cc2oc(=O)cc(CN(C3CCCC3)[C@@H](C)CO)c2cc1C. The fourth-order valence-electron chi connectivity index (χ4n) is 3.80. The number of fused-ring (bicyclic) bond motifs is 1. The number of aliphatic hydroxyl groups excluding tert-OH is 1. The summed E-state index contributed by atoms with van der Waals surface area (Å²) in [5.41, 5.74) is 3.67. The lowest BCUT2D eigenvalue weighted by atomic mass is 10.0. The topological polar surface area (TPSA) is 53.7 Å². The Balaban J connectivity index is 2.03. The van der Waals surface area contributed by atoms with Crippen molar-refractivity contribution in [2.24, 2.45) is 0 Å². The molecule has 2 aromatic rings. The van der Waals surface area contributed by atoms with Crippen molar-refractivity contribution in [1.29, 1.82) is 0 Å². The average molecular weight is 329 g/mol. The lowest BCUT2D eigenvalue weighted by molar-refractivity contribution is 0.0877. The smallest absolute Gasteiger partial charge is 0.336 e. The normalized spacial score (nSPS) is 17.0. The van der Waals surface area contributed by atoms with Gasteiger partial charge in [-0.1, -0.05) is 12.8 Å². The van der Waals surface area contributed by atoms with Crippen LogP contribution >= 0.6 is 0 Å². The number of nitrogens with zero attached hydrogens (tertiary/aromatic N) is 1. The minimum absolute atomic E-state index is 0.0851. The van der Waals surface area contributed by atoms with Crippen LogP contribution in [0.5, 0.6) is 0 Å². The van der Waals surface area contributed by atoms with Crippen LogP contribution in [0.1, 0.15) is 49.3 Å². The van der Waals surface area contributed by atoms with E-state index in [-0.39, 0.29) is 18.3 Å². The predicted octanol–water partition coefficient (Wildman–Crippen LogP) is 3.54. The van der Waals surface area contributed by atoms with Gasteiger partial charge < -0.3 is 9.52 Å². The molecule has 0 bridgehead atoms. The first-order chi connectivity index (χ1) is 11.5. The van der Waals surface area contributed by atoms with Gasteiger partial charge in [-0.15, -0.1) is 0 Å². The van der Waals surface area contributed by atoms with Crippen LogP contribution in [0.25, 0.3) is 11.0 Å². The second-order valence-corrected chi connectivity index (χ2v) is 7.17. The van der Waals surface area contributed by atoms with Crippen LogP contribution in [0, 0.1) is 13.8 Å². The highest BCUT2D eigenvalue weighted by atomic mass is 16.4. The Labute approximate surface area is 143 Å². The molecule has 4 nitrogen and oxygen atoms in total. The molecule has 1 aliphatic carbocycles. The molecule has 3 rings (SSSR count). The summed E-state index contributed by atoms with van der Waals surface area (Å²) in [5, 5.41) is 10.7. The summed E-state index contributed by atoms with van der Waals surface area (Å²) in [6.07, 6.45) is 4.83. The molecule has 1 aromatic heterocycles. The summed E-state index contributed by atoms with van der Waals surface area (Å²) in [4.78, 5) is 14.4. The van der Waals surface area contributed by atoms with Gasteiger partial charge in [-0.25, -0.2) is 4.79 Å². The molecule has 1 fully saturated rings. The summed E-state index contributed by atoms with van der Waals surface area (Å²) >= 11 is 0. The standard InChI is InChI=1S/C20H27NO3/c1-13-8-18-16(10-20(23)24-19(18)9-14(13)2)11-21(15(3)12-22)17-6-4-5-7-17/h8-10,15,17,22H,4-7,11-12H2,1-3H3/t15-/m0/s1. The monoisotopic (exact) mass is 329 g/mol. The van der Waals surface area contributed by atoms with Crippen LogP contribution in [0.3, 0.4) is 0 Å². The third-order valence-electron chi connectivity index (χ3n) is 5.42. The van der Waals surface area contributed by atoms with Crippen molar-refractivity contribution in [3.63, 3.8) is 0 Å². The van der Waals surface area contributed by atoms with Crippen molar-refractivity contribution in [2.45, 2.75) is 65.1 Å². The summed E-state index contributed by atoms with van der Waals surface area (Å²) in [7, 11) is 0. The minimum Gasteiger partial charge on any atom is -0.423 e. The Morgan fingerprint density at radius 1 is 1.21 bits per heavy atom. The van der Waals surface area contributed by atoms with Crippen molar-refractivity contribution >= 4 is 11.0 Å². The Bertz CT molecular complexity index is 774. The molecule has 130 valence electrons. The lowest BCUT2D eigenvalue weighted by Crippen LogP contribution is -2.42. The van der Waals surface area contributed by atoms with Gasteiger partial charge in [0.2, 0.25) is 0 Å². The molecule has 0 amide bonds. The van der Waals surface area contributed by atoms with Crippen LogP contribution in [0.4, 0.5) is 0 Å². The van der Waals surface area contributed by atoms with Gasteiger partial charge in [-0.2, -0.15) is 0 Å². The maximum absolute atomic E-state index is 12.0. The van der Waals surface area contributed by atoms with E-state index in [0.717, 1.165) is 16.5 Å². The molecule has 0 saturated heterocycles. The van der Waals surface area contributed by atoms with Gasteiger partial charge in [-0.05, 0) is 62.4 Å². The van der Waals surface area contributed by atoms with Gasteiger partial charge in [0, 0.05) is 30.1 Å². The van der Waals surface area contributed by atoms with Crippen LogP contribution in [0.15, 0.2) is 27.4 Å². The van der Waals surface area contributed by atoms with Crippen molar-refractivity contribution in [3.8, 4) is 0 Å². The third kappa shape index (κ3) is 3.40. The largest absolute Gasteiger partial charge is 0.423 e. The molecule has 4 heteroatoms. The van der Waals surface area contributed by atoms with E-state index in [1.807, 2.05) is 13.0 Å². The number of aryl methyl sites for hydroxylation is 2.